The van der Waals surface area contributed by atoms with Crippen molar-refractivity contribution in [3.05, 3.63) is 52.7 Å². The van der Waals surface area contributed by atoms with E-state index >= 15 is 0 Å². The maximum Gasteiger partial charge on any atom is 0.283 e. The van der Waals surface area contributed by atoms with Gasteiger partial charge in [0.15, 0.2) is 5.65 Å². The summed E-state index contributed by atoms with van der Waals surface area (Å²) < 4.78 is 2.79. The van der Waals surface area contributed by atoms with Gasteiger partial charge in [0, 0.05) is 6.42 Å². The van der Waals surface area contributed by atoms with E-state index in [2.05, 4.69) is 15.5 Å². The number of hydrogen-bond donors (Lipinski definition) is 1. The Bertz CT molecular complexity index is 1030. The maximum atomic E-state index is 12.7. The number of carbonyl (C=O) groups excluding carboxylic acids is 1. The zero-order valence-electron chi connectivity index (χ0n) is 16.1. The summed E-state index contributed by atoms with van der Waals surface area (Å²) in [7, 11) is 0. The van der Waals surface area contributed by atoms with E-state index in [1.54, 1.807) is 4.68 Å². The van der Waals surface area contributed by atoms with Crippen molar-refractivity contribution in [2.45, 2.75) is 51.9 Å². The summed E-state index contributed by atoms with van der Waals surface area (Å²) in [6, 6.07) is 7.83. The molecule has 4 rings (SSSR count). The number of rotatable bonds is 5. The summed E-state index contributed by atoms with van der Waals surface area (Å²) in [5, 5.41) is 4.67. The van der Waals surface area contributed by atoms with Gasteiger partial charge in [0.1, 0.15) is 11.7 Å². The number of aromatic nitrogens is 4. The molecular formula is C21H25N5O2. The molecule has 1 aromatic carbocycles. The first-order valence-electron chi connectivity index (χ1n) is 9.94. The van der Waals surface area contributed by atoms with Gasteiger partial charge in [0.2, 0.25) is 5.91 Å². The molecule has 0 radical (unpaired) electrons. The number of hydrogen-bond acceptors (Lipinski definition) is 4. The van der Waals surface area contributed by atoms with E-state index in [0.29, 0.717) is 23.4 Å². The highest BCUT2D eigenvalue weighted by atomic mass is 16.2. The minimum atomic E-state index is -0.325. The molecule has 1 N–H and O–H groups in total. The minimum absolute atomic E-state index is 0.153. The molecule has 0 aliphatic heterocycles. The normalized spacial score (nSPS) is 15.0. The Labute approximate surface area is 163 Å². The molecule has 3 aromatic rings. The van der Waals surface area contributed by atoms with Crippen molar-refractivity contribution in [2.24, 2.45) is 5.92 Å². The van der Waals surface area contributed by atoms with Crippen molar-refractivity contribution >= 4 is 16.9 Å². The van der Waals surface area contributed by atoms with Gasteiger partial charge in [-0.05, 0) is 31.4 Å². The third-order valence-electron chi connectivity index (χ3n) is 5.52. The fourth-order valence-electron chi connectivity index (χ4n) is 3.87. The molecule has 1 aliphatic carbocycles. The molecule has 1 fully saturated rings. The van der Waals surface area contributed by atoms with Crippen LogP contribution in [0.2, 0.25) is 0 Å². The van der Waals surface area contributed by atoms with Gasteiger partial charge < -0.3 is 0 Å². The maximum absolute atomic E-state index is 12.7. The number of amides is 1. The van der Waals surface area contributed by atoms with Crippen LogP contribution in [0, 0.1) is 12.8 Å². The predicted octanol–water partition coefficient (Wildman–Crippen LogP) is 3.32. The monoisotopic (exact) mass is 379 g/mol. The van der Waals surface area contributed by atoms with Crippen LogP contribution in [0.5, 0.6) is 0 Å². The van der Waals surface area contributed by atoms with Gasteiger partial charge in [0.25, 0.3) is 5.56 Å². The molecule has 0 spiro atoms. The van der Waals surface area contributed by atoms with Gasteiger partial charge in [-0.3, -0.25) is 15.0 Å². The summed E-state index contributed by atoms with van der Waals surface area (Å²) in [6.45, 7) is 2.01. The average molecular weight is 379 g/mol. The standard InChI is InChI=1S/C21H25N5O2/c1-15-7-10-17(11-8-15)26-20-18(13-23-26)21(28)25(14-22-20)24-19(27)12-9-16-5-3-2-4-6-16/h7-8,10-11,13-14,16H,2-6,9,12H2,1H3,(H,24,27). The van der Waals surface area contributed by atoms with E-state index in [1.807, 2.05) is 31.2 Å². The van der Waals surface area contributed by atoms with Gasteiger partial charge in [-0.25, -0.2) is 14.3 Å². The molecule has 0 atom stereocenters. The van der Waals surface area contributed by atoms with Crippen LogP contribution in [0.3, 0.4) is 0 Å². The van der Waals surface area contributed by atoms with E-state index in [-0.39, 0.29) is 11.5 Å². The quantitative estimate of drug-likeness (QED) is 0.737. The van der Waals surface area contributed by atoms with E-state index < -0.39 is 0 Å². The number of aryl methyl sites for hydroxylation is 1. The van der Waals surface area contributed by atoms with E-state index in [1.165, 1.54) is 44.6 Å². The van der Waals surface area contributed by atoms with Crippen LogP contribution >= 0.6 is 0 Å². The molecule has 0 saturated heterocycles. The van der Waals surface area contributed by atoms with Crippen LogP contribution in [0.15, 0.2) is 41.6 Å². The highest BCUT2D eigenvalue weighted by molar-refractivity contribution is 5.84. The Kier molecular flexibility index (Phi) is 5.23. The van der Waals surface area contributed by atoms with E-state index in [9.17, 15) is 9.59 Å². The zero-order chi connectivity index (χ0) is 19.5. The van der Waals surface area contributed by atoms with Crippen molar-refractivity contribution in [3.8, 4) is 5.69 Å². The summed E-state index contributed by atoms with van der Waals surface area (Å²) in [4.78, 5) is 29.4. The van der Waals surface area contributed by atoms with Crippen molar-refractivity contribution in [1.82, 2.24) is 19.4 Å². The van der Waals surface area contributed by atoms with Gasteiger partial charge >= 0.3 is 0 Å². The fourth-order valence-corrected chi connectivity index (χ4v) is 3.87. The van der Waals surface area contributed by atoms with Gasteiger partial charge in [-0.15, -0.1) is 0 Å². The lowest BCUT2D eigenvalue weighted by Gasteiger charge is -2.21. The SMILES string of the molecule is Cc1ccc(-n2ncc3c(=O)n(NC(=O)CCC4CCCCC4)cnc32)cc1. The lowest BCUT2D eigenvalue weighted by atomic mass is 9.86. The molecule has 7 nitrogen and oxygen atoms in total. The first-order valence-corrected chi connectivity index (χ1v) is 9.94. The largest absolute Gasteiger partial charge is 0.283 e. The first-order chi connectivity index (χ1) is 13.6. The fraction of sp³-hybridized carbons (Fsp3) is 0.429. The van der Waals surface area contributed by atoms with Gasteiger partial charge in [0.05, 0.1) is 11.9 Å². The number of carbonyl (C=O) groups is 1. The Hall–Kier alpha value is -2.96. The number of fused-ring (bicyclic) bond motifs is 1. The van der Waals surface area contributed by atoms with Crippen molar-refractivity contribution in [3.63, 3.8) is 0 Å². The average Bonchev–Trinajstić information content (AvgIpc) is 3.15. The van der Waals surface area contributed by atoms with Gasteiger partial charge in [-0.1, -0.05) is 49.8 Å². The van der Waals surface area contributed by atoms with E-state index in [0.717, 1.165) is 22.3 Å². The van der Waals surface area contributed by atoms with Crippen LogP contribution in [0.4, 0.5) is 0 Å². The highest BCUT2D eigenvalue weighted by Crippen LogP contribution is 2.27. The summed E-state index contributed by atoms with van der Waals surface area (Å²) in [5.74, 6) is 0.476. The second kappa shape index (κ2) is 7.96. The van der Waals surface area contributed by atoms with Gasteiger partial charge in [-0.2, -0.15) is 5.10 Å². The third kappa shape index (κ3) is 3.83. The Morgan fingerprint density at radius 1 is 1.18 bits per heavy atom. The lowest BCUT2D eigenvalue weighted by Crippen LogP contribution is -2.33. The molecule has 2 heterocycles. The summed E-state index contributed by atoms with van der Waals surface area (Å²) >= 11 is 0. The van der Waals surface area contributed by atoms with Crippen molar-refractivity contribution in [2.75, 3.05) is 5.43 Å². The summed E-state index contributed by atoms with van der Waals surface area (Å²) in [6.07, 6.45) is 10.4. The van der Waals surface area contributed by atoms with Crippen LogP contribution in [0.1, 0.15) is 50.5 Å². The molecular weight excluding hydrogens is 354 g/mol. The number of benzene rings is 1. The molecule has 28 heavy (non-hydrogen) atoms. The molecule has 1 amide bonds. The Balaban J connectivity index is 1.49. The molecule has 0 bridgehead atoms. The molecule has 0 unspecified atom stereocenters. The summed E-state index contributed by atoms with van der Waals surface area (Å²) in [5.41, 5.74) is 4.79. The molecule has 146 valence electrons. The predicted molar refractivity (Wildman–Crippen MR) is 108 cm³/mol. The van der Waals surface area contributed by atoms with Crippen LogP contribution < -0.4 is 11.0 Å². The van der Waals surface area contributed by atoms with Crippen LogP contribution in [-0.2, 0) is 4.79 Å². The lowest BCUT2D eigenvalue weighted by molar-refractivity contribution is -0.117. The third-order valence-corrected chi connectivity index (χ3v) is 5.52. The van der Waals surface area contributed by atoms with Crippen molar-refractivity contribution in [1.29, 1.82) is 0 Å². The van der Waals surface area contributed by atoms with E-state index in [4.69, 9.17) is 0 Å². The highest BCUT2D eigenvalue weighted by Gasteiger charge is 2.16. The molecule has 1 aliphatic rings. The second-order valence-electron chi connectivity index (χ2n) is 7.63. The van der Waals surface area contributed by atoms with Crippen LogP contribution in [0.25, 0.3) is 16.7 Å². The van der Waals surface area contributed by atoms with Crippen molar-refractivity contribution < 1.29 is 4.79 Å². The zero-order valence-corrected chi connectivity index (χ0v) is 16.1. The Morgan fingerprint density at radius 2 is 1.93 bits per heavy atom. The first kappa shape index (κ1) is 18.4. The molecule has 7 heteroatoms. The van der Waals surface area contributed by atoms with Crippen LogP contribution in [-0.4, -0.2) is 25.3 Å². The number of nitrogens with one attached hydrogen (secondary N) is 1. The smallest absolute Gasteiger partial charge is 0.273 e. The molecule has 1 saturated carbocycles. The minimum Gasteiger partial charge on any atom is -0.273 e. The molecule has 2 aromatic heterocycles. The number of nitrogens with zero attached hydrogens (tertiary/aromatic N) is 4. The Morgan fingerprint density at radius 3 is 2.68 bits per heavy atom. The second-order valence-corrected chi connectivity index (χ2v) is 7.63. The topological polar surface area (TPSA) is 81.8 Å².